The molecule has 0 spiro atoms. The van der Waals surface area contributed by atoms with Crippen LogP contribution in [0.25, 0.3) is 0 Å². The summed E-state index contributed by atoms with van der Waals surface area (Å²) in [4.78, 5) is 0. The van der Waals surface area contributed by atoms with Crippen LogP contribution in [0.15, 0.2) is 18.2 Å². The zero-order valence-corrected chi connectivity index (χ0v) is 11.6. The summed E-state index contributed by atoms with van der Waals surface area (Å²) in [5, 5.41) is 4.58. The van der Waals surface area contributed by atoms with Crippen molar-refractivity contribution in [2.45, 2.75) is 20.0 Å². The summed E-state index contributed by atoms with van der Waals surface area (Å²) >= 11 is 12.2. The first kappa shape index (κ1) is 13.2. The van der Waals surface area contributed by atoms with Gasteiger partial charge in [-0.05, 0) is 6.07 Å². The van der Waals surface area contributed by atoms with Crippen molar-refractivity contribution in [1.82, 2.24) is 5.32 Å². The Kier molecular flexibility index (Phi) is 3.99. The zero-order chi connectivity index (χ0) is 12.5. The Bertz CT molecular complexity index is 406. The van der Waals surface area contributed by atoms with Crippen LogP contribution < -0.4 is 5.32 Å². The van der Waals surface area contributed by atoms with E-state index in [2.05, 4.69) is 19.2 Å². The molecule has 17 heavy (non-hydrogen) atoms. The Morgan fingerprint density at radius 1 is 1.35 bits per heavy atom. The van der Waals surface area contributed by atoms with E-state index in [9.17, 15) is 0 Å². The molecule has 0 radical (unpaired) electrons. The molecule has 4 heteroatoms. The van der Waals surface area contributed by atoms with Crippen LogP contribution in [0.1, 0.15) is 25.5 Å². The number of benzene rings is 1. The van der Waals surface area contributed by atoms with E-state index in [0.717, 1.165) is 18.7 Å². The van der Waals surface area contributed by atoms with Gasteiger partial charge in [0.1, 0.15) is 0 Å². The first-order valence-electron chi connectivity index (χ1n) is 5.76. The molecule has 0 saturated carbocycles. The van der Waals surface area contributed by atoms with Gasteiger partial charge in [0.25, 0.3) is 0 Å². The molecule has 1 unspecified atom stereocenters. The second-order valence-corrected chi connectivity index (χ2v) is 6.02. The molecule has 0 aliphatic carbocycles. The summed E-state index contributed by atoms with van der Waals surface area (Å²) in [5.74, 6) is 0. The van der Waals surface area contributed by atoms with Crippen LogP contribution in [-0.2, 0) is 4.74 Å². The molecule has 1 heterocycles. The number of rotatable bonds is 1. The van der Waals surface area contributed by atoms with Crippen LogP contribution in [0.3, 0.4) is 0 Å². The number of hydrogen-bond acceptors (Lipinski definition) is 2. The largest absolute Gasteiger partial charge is 0.372 e. The van der Waals surface area contributed by atoms with E-state index in [4.69, 9.17) is 27.9 Å². The second kappa shape index (κ2) is 5.15. The van der Waals surface area contributed by atoms with E-state index in [-0.39, 0.29) is 11.5 Å². The molecule has 1 aliphatic rings. The van der Waals surface area contributed by atoms with Crippen LogP contribution >= 0.6 is 23.2 Å². The van der Waals surface area contributed by atoms with E-state index in [0.29, 0.717) is 16.7 Å². The zero-order valence-electron chi connectivity index (χ0n) is 10.1. The van der Waals surface area contributed by atoms with Crippen LogP contribution in [-0.4, -0.2) is 19.7 Å². The van der Waals surface area contributed by atoms with Gasteiger partial charge in [0.2, 0.25) is 0 Å². The minimum Gasteiger partial charge on any atom is -0.372 e. The normalized spacial score (nSPS) is 24.4. The summed E-state index contributed by atoms with van der Waals surface area (Å²) in [6.07, 6.45) is -0.0250. The smallest absolute Gasteiger partial charge is 0.0964 e. The van der Waals surface area contributed by atoms with Crippen LogP contribution in [0.2, 0.25) is 10.0 Å². The Morgan fingerprint density at radius 3 is 2.88 bits per heavy atom. The molecule has 1 aromatic rings. The average molecular weight is 274 g/mol. The molecule has 1 fully saturated rings. The van der Waals surface area contributed by atoms with Gasteiger partial charge in [-0.25, -0.2) is 0 Å². The second-order valence-electron chi connectivity index (χ2n) is 5.24. The fraction of sp³-hybridized carbons (Fsp3) is 0.538. The molecule has 0 aromatic heterocycles. The van der Waals surface area contributed by atoms with Gasteiger partial charge in [-0.15, -0.1) is 0 Å². The van der Waals surface area contributed by atoms with Gasteiger partial charge >= 0.3 is 0 Å². The van der Waals surface area contributed by atoms with Crippen molar-refractivity contribution in [3.05, 3.63) is 33.8 Å². The maximum absolute atomic E-state index is 6.21. The highest BCUT2D eigenvalue weighted by Gasteiger charge is 2.26. The summed E-state index contributed by atoms with van der Waals surface area (Å²) in [7, 11) is 0. The molecular weight excluding hydrogens is 257 g/mol. The Labute approximate surface area is 112 Å². The number of nitrogens with one attached hydrogen (secondary N) is 1. The van der Waals surface area contributed by atoms with Crippen LogP contribution in [0.5, 0.6) is 0 Å². The molecule has 1 N–H and O–H groups in total. The summed E-state index contributed by atoms with van der Waals surface area (Å²) < 4.78 is 5.93. The topological polar surface area (TPSA) is 21.3 Å². The van der Waals surface area contributed by atoms with Gasteiger partial charge in [-0.2, -0.15) is 0 Å². The van der Waals surface area contributed by atoms with Crippen molar-refractivity contribution in [2.24, 2.45) is 5.41 Å². The number of ether oxygens (including phenoxy) is 1. The molecule has 0 bridgehead atoms. The van der Waals surface area contributed by atoms with Gasteiger partial charge < -0.3 is 10.1 Å². The maximum Gasteiger partial charge on any atom is 0.0964 e. The van der Waals surface area contributed by atoms with Gasteiger partial charge in [0, 0.05) is 24.1 Å². The standard InChI is InChI=1S/C13H17Cl2NO/c1-13(2)7-16-6-11(17-8-13)9-4-3-5-10(14)12(9)15/h3-5,11,16H,6-8H2,1-2H3. The minimum atomic E-state index is -0.0250. The Balaban J connectivity index is 2.20. The minimum absolute atomic E-state index is 0.0250. The lowest BCUT2D eigenvalue weighted by molar-refractivity contribution is 0.0260. The third-order valence-electron chi connectivity index (χ3n) is 2.94. The fourth-order valence-electron chi connectivity index (χ4n) is 1.95. The lowest BCUT2D eigenvalue weighted by atomic mass is 9.95. The maximum atomic E-state index is 6.21. The van der Waals surface area contributed by atoms with E-state index >= 15 is 0 Å². The Hall–Kier alpha value is -0.280. The van der Waals surface area contributed by atoms with Crippen molar-refractivity contribution in [3.8, 4) is 0 Å². The van der Waals surface area contributed by atoms with Crippen LogP contribution in [0.4, 0.5) is 0 Å². The predicted octanol–water partition coefficient (Wildman–Crippen LogP) is 3.68. The fourth-order valence-corrected chi connectivity index (χ4v) is 2.38. The molecule has 2 nitrogen and oxygen atoms in total. The summed E-state index contributed by atoms with van der Waals surface area (Å²) in [6.45, 7) is 6.79. The monoisotopic (exact) mass is 273 g/mol. The van der Waals surface area contributed by atoms with E-state index < -0.39 is 0 Å². The molecule has 1 saturated heterocycles. The molecule has 1 atom stereocenters. The van der Waals surface area contributed by atoms with Crippen molar-refractivity contribution >= 4 is 23.2 Å². The molecule has 1 aromatic carbocycles. The predicted molar refractivity (Wildman–Crippen MR) is 71.8 cm³/mol. The molecule has 2 rings (SSSR count). The van der Waals surface area contributed by atoms with Crippen molar-refractivity contribution < 1.29 is 4.74 Å². The molecule has 1 aliphatic heterocycles. The van der Waals surface area contributed by atoms with E-state index in [1.165, 1.54) is 0 Å². The first-order valence-corrected chi connectivity index (χ1v) is 6.51. The SMILES string of the molecule is CC1(C)CNCC(c2cccc(Cl)c2Cl)OC1. The van der Waals surface area contributed by atoms with Crippen molar-refractivity contribution in [3.63, 3.8) is 0 Å². The van der Waals surface area contributed by atoms with E-state index in [1.54, 1.807) is 6.07 Å². The van der Waals surface area contributed by atoms with Gasteiger partial charge in [0.05, 0.1) is 22.8 Å². The van der Waals surface area contributed by atoms with Crippen molar-refractivity contribution in [2.75, 3.05) is 19.7 Å². The lowest BCUT2D eigenvalue weighted by Gasteiger charge is -2.22. The first-order chi connectivity index (χ1) is 7.99. The highest BCUT2D eigenvalue weighted by molar-refractivity contribution is 6.42. The van der Waals surface area contributed by atoms with Gasteiger partial charge in [0.15, 0.2) is 0 Å². The number of hydrogen-bond donors (Lipinski definition) is 1. The average Bonchev–Trinajstić information content (AvgIpc) is 2.44. The van der Waals surface area contributed by atoms with Gasteiger partial charge in [-0.3, -0.25) is 0 Å². The van der Waals surface area contributed by atoms with Crippen molar-refractivity contribution in [1.29, 1.82) is 0 Å². The lowest BCUT2D eigenvalue weighted by Crippen LogP contribution is -2.29. The van der Waals surface area contributed by atoms with Gasteiger partial charge in [-0.1, -0.05) is 49.2 Å². The number of halogens is 2. The molecule has 94 valence electrons. The molecular formula is C13H17Cl2NO. The Morgan fingerprint density at radius 2 is 2.12 bits per heavy atom. The highest BCUT2D eigenvalue weighted by Crippen LogP contribution is 2.33. The summed E-state index contributed by atoms with van der Waals surface area (Å²) in [6, 6.07) is 5.67. The highest BCUT2D eigenvalue weighted by atomic mass is 35.5. The summed E-state index contributed by atoms with van der Waals surface area (Å²) in [5.41, 5.74) is 1.11. The third kappa shape index (κ3) is 3.14. The third-order valence-corrected chi connectivity index (χ3v) is 3.77. The molecule has 0 amide bonds. The quantitative estimate of drug-likeness (QED) is 0.843. The van der Waals surface area contributed by atoms with Crippen LogP contribution in [0, 0.1) is 5.41 Å². The van der Waals surface area contributed by atoms with E-state index in [1.807, 2.05) is 12.1 Å².